The van der Waals surface area contributed by atoms with Crippen LogP contribution < -0.4 is 10.5 Å². The van der Waals surface area contributed by atoms with E-state index >= 15 is 0 Å². The molecule has 3 N–H and O–H groups in total. The Bertz CT molecular complexity index is 511. The summed E-state index contributed by atoms with van der Waals surface area (Å²) in [7, 11) is 3.89. The monoisotopic (exact) mass is 299 g/mol. The quantitative estimate of drug-likeness (QED) is 0.496. The van der Waals surface area contributed by atoms with Crippen molar-refractivity contribution < 1.29 is 4.74 Å². The Kier molecular flexibility index (Phi) is 5.72. The van der Waals surface area contributed by atoms with Gasteiger partial charge in [-0.3, -0.25) is 4.31 Å². The van der Waals surface area contributed by atoms with Crippen LogP contribution in [0.2, 0.25) is 5.02 Å². The first kappa shape index (κ1) is 15.9. The smallest absolute Gasteiger partial charge is 0.166 e. The van der Waals surface area contributed by atoms with Gasteiger partial charge in [-0.05, 0) is 52.0 Å². The minimum atomic E-state index is 0.280. The summed E-state index contributed by atoms with van der Waals surface area (Å²) in [6, 6.07) is 5.41. The van der Waals surface area contributed by atoms with Crippen molar-refractivity contribution in [2.75, 3.05) is 14.1 Å². The van der Waals surface area contributed by atoms with Crippen LogP contribution in [0.4, 0.5) is 0 Å². The van der Waals surface area contributed by atoms with E-state index in [4.69, 9.17) is 27.5 Å². The lowest BCUT2D eigenvalue weighted by molar-refractivity contribution is 0.445. The molecular weight excluding hydrogens is 282 g/mol. The molecule has 0 saturated carbocycles. The standard InChI is InChI=1S/C13H18ClN3OS/c1-8(15)13(9(2)16)18-10-5-6-12(11(14)7-10)19-17(3)4/h5-7,15H,16H2,1-4H3/b13-9+,15-8?. The van der Waals surface area contributed by atoms with E-state index in [1.54, 1.807) is 19.9 Å². The van der Waals surface area contributed by atoms with Gasteiger partial charge in [0.1, 0.15) is 5.75 Å². The van der Waals surface area contributed by atoms with Gasteiger partial charge in [0.2, 0.25) is 0 Å². The zero-order valence-corrected chi connectivity index (χ0v) is 13.0. The summed E-state index contributed by atoms with van der Waals surface area (Å²) in [6.07, 6.45) is 0. The van der Waals surface area contributed by atoms with Gasteiger partial charge >= 0.3 is 0 Å². The van der Waals surface area contributed by atoms with Crippen LogP contribution in [-0.4, -0.2) is 24.1 Å². The maximum absolute atomic E-state index is 7.61. The molecule has 0 aliphatic heterocycles. The molecule has 0 heterocycles. The highest BCUT2D eigenvalue weighted by atomic mass is 35.5. The number of hydrogen-bond donors (Lipinski definition) is 2. The van der Waals surface area contributed by atoms with Crippen LogP contribution in [0.5, 0.6) is 5.75 Å². The minimum absolute atomic E-state index is 0.280. The zero-order valence-electron chi connectivity index (χ0n) is 11.5. The first-order valence-corrected chi connectivity index (χ1v) is 6.81. The Morgan fingerprint density at radius 1 is 1.37 bits per heavy atom. The van der Waals surface area contributed by atoms with E-state index in [1.165, 1.54) is 11.9 Å². The van der Waals surface area contributed by atoms with Crippen molar-refractivity contribution in [3.8, 4) is 5.75 Å². The van der Waals surface area contributed by atoms with E-state index in [0.717, 1.165) is 4.90 Å². The fourth-order valence-corrected chi connectivity index (χ4v) is 2.33. The number of ether oxygens (including phenoxy) is 1. The van der Waals surface area contributed by atoms with Crippen molar-refractivity contribution in [2.45, 2.75) is 18.7 Å². The SMILES string of the molecule is CC(=N)/C(Oc1ccc(SN(C)C)c(Cl)c1)=C(/C)N. The number of nitrogens with one attached hydrogen (secondary N) is 1. The molecule has 0 aromatic heterocycles. The molecular formula is C13H18ClN3OS. The normalized spacial score (nSPS) is 12.3. The molecule has 0 spiro atoms. The van der Waals surface area contributed by atoms with E-state index in [2.05, 4.69) is 0 Å². The Morgan fingerprint density at radius 3 is 2.42 bits per heavy atom. The molecule has 0 fully saturated rings. The molecule has 0 saturated heterocycles. The van der Waals surface area contributed by atoms with Gasteiger partial charge in [-0.2, -0.15) is 0 Å². The third-order valence-corrected chi connectivity index (χ3v) is 3.45. The summed E-state index contributed by atoms with van der Waals surface area (Å²) < 4.78 is 7.56. The lowest BCUT2D eigenvalue weighted by atomic mass is 10.3. The van der Waals surface area contributed by atoms with Gasteiger partial charge in [-0.1, -0.05) is 11.6 Å². The second-order valence-corrected chi connectivity index (χ2v) is 5.99. The number of rotatable bonds is 5. The van der Waals surface area contributed by atoms with Gasteiger partial charge in [-0.25, -0.2) is 0 Å². The van der Waals surface area contributed by atoms with Crippen LogP contribution in [0.1, 0.15) is 13.8 Å². The second kappa shape index (κ2) is 6.84. The Hall–Kier alpha value is -1.17. The Labute approximate surface area is 123 Å². The van der Waals surface area contributed by atoms with E-state index in [0.29, 0.717) is 22.2 Å². The first-order chi connectivity index (χ1) is 8.81. The molecule has 0 bridgehead atoms. The molecule has 1 aromatic rings. The molecule has 1 rings (SSSR count). The Morgan fingerprint density at radius 2 is 2.00 bits per heavy atom. The Balaban J connectivity index is 2.96. The molecule has 0 amide bonds. The minimum Gasteiger partial charge on any atom is -0.454 e. The number of hydrogen-bond acceptors (Lipinski definition) is 5. The molecule has 6 heteroatoms. The fourth-order valence-electron chi connectivity index (χ4n) is 1.39. The molecule has 19 heavy (non-hydrogen) atoms. The van der Waals surface area contributed by atoms with Crippen LogP contribution >= 0.6 is 23.5 Å². The van der Waals surface area contributed by atoms with Gasteiger partial charge in [0.25, 0.3) is 0 Å². The molecule has 4 nitrogen and oxygen atoms in total. The van der Waals surface area contributed by atoms with Gasteiger partial charge in [0.05, 0.1) is 16.4 Å². The second-order valence-electron chi connectivity index (χ2n) is 4.24. The van der Waals surface area contributed by atoms with Crippen molar-refractivity contribution in [2.24, 2.45) is 5.73 Å². The number of nitrogens with two attached hydrogens (primary N) is 1. The summed E-state index contributed by atoms with van der Waals surface area (Å²) in [6.45, 7) is 3.33. The third-order valence-electron chi connectivity index (χ3n) is 2.10. The van der Waals surface area contributed by atoms with Crippen molar-refractivity contribution in [3.05, 3.63) is 34.7 Å². The van der Waals surface area contributed by atoms with Crippen molar-refractivity contribution >= 4 is 29.3 Å². The number of halogens is 1. The molecule has 0 atom stereocenters. The highest BCUT2D eigenvalue weighted by Gasteiger charge is 2.09. The largest absolute Gasteiger partial charge is 0.454 e. The molecule has 104 valence electrons. The van der Waals surface area contributed by atoms with E-state index in [9.17, 15) is 0 Å². The van der Waals surface area contributed by atoms with Crippen LogP contribution in [0, 0.1) is 5.41 Å². The third kappa shape index (κ3) is 4.78. The first-order valence-electron chi connectivity index (χ1n) is 5.66. The average molecular weight is 300 g/mol. The lowest BCUT2D eigenvalue weighted by Crippen LogP contribution is -2.11. The van der Waals surface area contributed by atoms with Crippen molar-refractivity contribution in [3.63, 3.8) is 0 Å². The number of allylic oxidation sites excluding steroid dienone is 2. The summed E-state index contributed by atoms with van der Waals surface area (Å²) >= 11 is 7.72. The fraction of sp³-hybridized carbons (Fsp3) is 0.308. The molecule has 1 aromatic carbocycles. The topological polar surface area (TPSA) is 62.3 Å². The number of benzene rings is 1. The maximum atomic E-state index is 7.61. The highest BCUT2D eigenvalue weighted by molar-refractivity contribution is 7.97. The maximum Gasteiger partial charge on any atom is 0.166 e. The summed E-state index contributed by atoms with van der Waals surface area (Å²) in [5.41, 5.74) is 6.44. The van der Waals surface area contributed by atoms with E-state index in [1.807, 2.05) is 30.5 Å². The van der Waals surface area contributed by atoms with E-state index in [-0.39, 0.29) is 5.71 Å². The average Bonchev–Trinajstić information content (AvgIpc) is 2.28. The molecule has 0 unspecified atom stereocenters. The van der Waals surface area contributed by atoms with Gasteiger partial charge in [0.15, 0.2) is 5.76 Å². The van der Waals surface area contributed by atoms with Gasteiger partial charge in [-0.15, -0.1) is 0 Å². The van der Waals surface area contributed by atoms with E-state index < -0.39 is 0 Å². The van der Waals surface area contributed by atoms with Crippen LogP contribution in [0.25, 0.3) is 0 Å². The lowest BCUT2D eigenvalue weighted by Gasteiger charge is -2.13. The van der Waals surface area contributed by atoms with Crippen molar-refractivity contribution in [1.29, 1.82) is 5.41 Å². The van der Waals surface area contributed by atoms with Crippen LogP contribution in [0.15, 0.2) is 34.6 Å². The molecule has 0 radical (unpaired) electrons. The molecule has 0 aliphatic carbocycles. The van der Waals surface area contributed by atoms with Gasteiger partial charge in [0, 0.05) is 11.0 Å². The summed E-state index contributed by atoms with van der Waals surface area (Å²) in [5, 5.41) is 8.22. The van der Waals surface area contributed by atoms with Gasteiger partial charge < -0.3 is 15.9 Å². The highest BCUT2D eigenvalue weighted by Crippen LogP contribution is 2.32. The predicted molar refractivity (Wildman–Crippen MR) is 81.9 cm³/mol. The number of nitrogens with zero attached hydrogens (tertiary/aromatic N) is 1. The summed E-state index contributed by atoms with van der Waals surface area (Å²) in [4.78, 5) is 0.945. The zero-order chi connectivity index (χ0) is 14.6. The van der Waals surface area contributed by atoms with Crippen LogP contribution in [0.3, 0.4) is 0 Å². The summed E-state index contributed by atoms with van der Waals surface area (Å²) in [5.74, 6) is 0.934. The van der Waals surface area contributed by atoms with Crippen molar-refractivity contribution in [1.82, 2.24) is 4.31 Å². The molecule has 0 aliphatic rings. The predicted octanol–water partition coefficient (Wildman–Crippen LogP) is 3.52. The van der Waals surface area contributed by atoms with Crippen LogP contribution in [-0.2, 0) is 0 Å².